The van der Waals surface area contributed by atoms with Gasteiger partial charge in [0, 0.05) is 25.3 Å². The molecule has 8 heteroatoms. The van der Waals surface area contributed by atoms with Crippen molar-refractivity contribution in [1.82, 2.24) is 20.4 Å². The molecule has 1 aromatic carbocycles. The topological polar surface area (TPSA) is 95.7 Å². The molecular formula is C16H16FN5O2. The lowest BCUT2D eigenvalue weighted by atomic mass is 10.0. The molecule has 7 nitrogen and oxygen atoms in total. The van der Waals surface area contributed by atoms with Gasteiger partial charge in [-0.2, -0.15) is 10.2 Å². The van der Waals surface area contributed by atoms with Crippen molar-refractivity contribution < 1.29 is 9.13 Å². The highest BCUT2D eigenvalue weighted by atomic mass is 19.1. The molecule has 124 valence electrons. The van der Waals surface area contributed by atoms with Crippen LogP contribution in [0.3, 0.4) is 0 Å². The van der Waals surface area contributed by atoms with Crippen molar-refractivity contribution in [2.45, 2.75) is 0 Å². The molecule has 3 N–H and O–H groups in total. The number of rotatable bonds is 6. The van der Waals surface area contributed by atoms with Crippen LogP contribution in [-0.4, -0.2) is 40.7 Å². The Labute approximate surface area is 136 Å². The number of anilines is 1. The molecule has 0 saturated carbocycles. The minimum absolute atomic E-state index is 0.292. The lowest BCUT2D eigenvalue weighted by molar-refractivity contribution is 0.210. The van der Waals surface area contributed by atoms with Crippen molar-refractivity contribution in [2.24, 2.45) is 0 Å². The first kappa shape index (κ1) is 15.9. The zero-order valence-corrected chi connectivity index (χ0v) is 13.0. The summed E-state index contributed by atoms with van der Waals surface area (Å²) >= 11 is 0. The summed E-state index contributed by atoms with van der Waals surface area (Å²) in [6.45, 7) is 1.07. The zero-order chi connectivity index (χ0) is 16.9. The minimum Gasteiger partial charge on any atom is -0.383 e. The summed E-state index contributed by atoms with van der Waals surface area (Å²) in [4.78, 5) is 11.3. The standard InChI is InChI=1S/C16H16FN5O2/c1-24-9-8-18-16-14(12-6-7-13(23)20-19-12)15(21-22-16)10-2-4-11(17)5-3-10/h2-7H,8-9H2,1H3,(H,20,23)(H2,18,21,22). The van der Waals surface area contributed by atoms with E-state index in [1.165, 1.54) is 18.2 Å². The van der Waals surface area contributed by atoms with Crippen molar-refractivity contribution in [3.05, 3.63) is 52.6 Å². The molecule has 0 unspecified atom stereocenters. The van der Waals surface area contributed by atoms with E-state index in [1.54, 1.807) is 25.3 Å². The summed E-state index contributed by atoms with van der Waals surface area (Å²) in [5.74, 6) is 0.256. The molecule has 0 saturated heterocycles. The fourth-order valence-corrected chi connectivity index (χ4v) is 2.30. The monoisotopic (exact) mass is 329 g/mol. The van der Waals surface area contributed by atoms with Gasteiger partial charge in [-0.25, -0.2) is 9.49 Å². The Bertz CT molecular complexity index is 852. The first-order valence-electron chi connectivity index (χ1n) is 7.32. The predicted octanol–water partition coefficient (Wildman–Crippen LogP) is 2.02. The van der Waals surface area contributed by atoms with Gasteiger partial charge in [0.05, 0.1) is 23.6 Å². The van der Waals surface area contributed by atoms with Crippen molar-refractivity contribution >= 4 is 5.82 Å². The van der Waals surface area contributed by atoms with Gasteiger partial charge in [-0.3, -0.25) is 9.89 Å². The molecule has 3 rings (SSSR count). The second kappa shape index (κ2) is 7.05. The molecular weight excluding hydrogens is 313 g/mol. The molecule has 0 aliphatic carbocycles. The molecule has 24 heavy (non-hydrogen) atoms. The fraction of sp³-hybridized carbons (Fsp3) is 0.188. The van der Waals surface area contributed by atoms with Gasteiger partial charge in [0.1, 0.15) is 5.82 Å². The Morgan fingerprint density at radius 2 is 1.92 bits per heavy atom. The van der Waals surface area contributed by atoms with E-state index in [-0.39, 0.29) is 11.4 Å². The number of nitrogens with one attached hydrogen (secondary N) is 3. The number of benzene rings is 1. The summed E-state index contributed by atoms with van der Waals surface area (Å²) in [7, 11) is 1.61. The zero-order valence-electron chi connectivity index (χ0n) is 13.0. The summed E-state index contributed by atoms with van der Waals surface area (Å²) in [6.07, 6.45) is 0. The highest BCUT2D eigenvalue weighted by Crippen LogP contribution is 2.34. The second-order valence-electron chi connectivity index (χ2n) is 5.06. The number of hydrogen-bond acceptors (Lipinski definition) is 5. The minimum atomic E-state index is -0.319. The molecule has 0 aliphatic heterocycles. The van der Waals surface area contributed by atoms with Crippen LogP contribution in [0.5, 0.6) is 0 Å². The van der Waals surface area contributed by atoms with Crippen LogP contribution in [0.1, 0.15) is 0 Å². The molecule has 0 radical (unpaired) electrons. The largest absolute Gasteiger partial charge is 0.383 e. The highest BCUT2D eigenvalue weighted by molar-refractivity contribution is 5.86. The third kappa shape index (κ3) is 3.33. The number of nitrogens with zero attached hydrogens (tertiary/aromatic N) is 2. The number of aromatic nitrogens is 4. The van der Waals surface area contributed by atoms with Gasteiger partial charge < -0.3 is 10.1 Å². The summed E-state index contributed by atoms with van der Waals surface area (Å²) in [6, 6.07) is 9.05. The summed E-state index contributed by atoms with van der Waals surface area (Å²) in [5, 5.41) is 16.8. The molecule has 0 fully saturated rings. The van der Waals surface area contributed by atoms with E-state index in [1.807, 2.05) is 0 Å². The average Bonchev–Trinajstić information content (AvgIpc) is 3.00. The second-order valence-corrected chi connectivity index (χ2v) is 5.06. The van der Waals surface area contributed by atoms with Crippen LogP contribution in [0.2, 0.25) is 0 Å². The molecule has 0 spiro atoms. The van der Waals surface area contributed by atoms with E-state index in [4.69, 9.17) is 4.74 Å². The van der Waals surface area contributed by atoms with Crippen molar-refractivity contribution in [3.63, 3.8) is 0 Å². The number of ether oxygens (including phenoxy) is 1. The Balaban J connectivity index is 2.06. The number of methoxy groups -OCH3 is 1. The maximum absolute atomic E-state index is 13.2. The lowest BCUT2D eigenvalue weighted by Crippen LogP contribution is -2.10. The third-order valence-corrected chi connectivity index (χ3v) is 3.43. The van der Waals surface area contributed by atoms with Gasteiger partial charge in [0.15, 0.2) is 5.82 Å². The van der Waals surface area contributed by atoms with E-state index in [9.17, 15) is 9.18 Å². The average molecular weight is 329 g/mol. The van der Waals surface area contributed by atoms with Crippen LogP contribution >= 0.6 is 0 Å². The molecule has 2 aromatic heterocycles. The van der Waals surface area contributed by atoms with Crippen LogP contribution in [0.15, 0.2) is 41.2 Å². The van der Waals surface area contributed by atoms with Crippen LogP contribution in [0, 0.1) is 5.82 Å². The van der Waals surface area contributed by atoms with E-state index in [0.717, 1.165) is 5.56 Å². The smallest absolute Gasteiger partial charge is 0.264 e. The summed E-state index contributed by atoms with van der Waals surface area (Å²) < 4.78 is 18.2. The van der Waals surface area contributed by atoms with Crippen LogP contribution in [0.25, 0.3) is 22.5 Å². The molecule has 0 atom stereocenters. The van der Waals surface area contributed by atoms with Gasteiger partial charge in [0.25, 0.3) is 5.56 Å². The Kier molecular flexibility index (Phi) is 4.66. The third-order valence-electron chi connectivity index (χ3n) is 3.43. The van der Waals surface area contributed by atoms with E-state index in [2.05, 4.69) is 25.7 Å². The number of hydrogen-bond donors (Lipinski definition) is 3. The van der Waals surface area contributed by atoms with Crippen molar-refractivity contribution in [2.75, 3.05) is 25.6 Å². The van der Waals surface area contributed by atoms with Crippen molar-refractivity contribution in [1.29, 1.82) is 0 Å². The Morgan fingerprint density at radius 3 is 2.58 bits per heavy atom. The number of aromatic amines is 2. The summed E-state index contributed by atoms with van der Waals surface area (Å²) in [5.41, 5.74) is 2.37. The number of H-pyrrole nitrogens is 2. The van der Waals surface area contributed by atoms with E-state index in [0.29, 0.717) is 35.9 Å². The SMILES string of the molecule is COCCNc1n[nH]c(-c2ccc(F)cc2)c1-c1ccc(=O)[nH]n1. The van der Waals surface area contributed by atoms with Crippen LogP contribution in [-0.2, 0) is 4.74 Å². The first-order valence-corrected chi connectivity index (χ1v) is 7.32. The predicted molar refractivity (Wildman–Crippen MR) is 88.2 cm³/mol. The molecule has 2 heterocycles. The Hall–Kier alpha value is -3.00. The van der Waals surface area contributed by atoms with Gasteiger partial charge in [-0.15, -0.1) is 0 Å². The first-order chi connectivity index (χ1) is 11.7. The maximum atomic E-state index is 13.2. The van der Waals surface area contributed by atoms with E-state index < -0.39 is 0 Å². The van der Waals surface area contributed by atoms with Gasteiger partial charge in [0.2, 0.25) is 0 Å². The van der Waals surface area contributed by atoms with Gasteiger partial charge in [-0.05, 0) is 30.3 Å². The van der Waals surface area contributed by atoms with Crippen LogP contribution in [0.4, 0.5) is 10.2 Å². The molecule has 0 aliphatic rings. The van der Waals surface area contributed by atoms with Gasteiger partial charge >= 0.3 is 0 Å². The number of halogens is 1. The Morgan fingerprint density at radius 1 is 1.12 bits per heavy atom. The fourth-order valence-electron chi connectivity index (χ4n) is 2.30. The maximum Gasteiger partial charge on any atom is 0.264 e. The highest BCUT2D eigenvalue weighted by Gasteiger charge is 2.18. The quantitative estimate of drug-likeness (QED) is 0.601. The molecule has 0 amide bonds. The van der Waals surface area contributed by atoms with Gasteiger partial charge in [-0.1, -0.05) is 0 Å². The van der Waals surface area contributed by atoms with E-state index >= 15 is 0 Å². The lowest BCUT2D eigenvalue weighted by Gasteiger charge is -2.07. The van der Waals surface area contributed by atoms with Crippen LogP contribution < -0.4 is 10.9 Å². The molecule has 0 bridgehead atoms. The van der Waals surface area contributed by atoms with Crippen molar-refractivity contribution in [3.8, 4) is 22.5 Å². The normalized spacial score (nSPS) is 10.8. The molecule has 3 aromatic rings.